The zero-order chi connectivity index (χ0) is 18.6. The second-order valence-corrected chi connectivity index (χ2v) is 6.28. The lowest BCUT2D eigenvalue weighted by atomic mass is 10.2. The van der Waals surface area contributed by atoms with Crippen molar-refractivity contribution >= 4 is 5.91 Å². The van der Waals surface area contributed by atoms with Crippen molar-refractivity contribution in [3.63, 3.8) is 0 Å². The number of pyridine rings is 1. The predicted octanol–water partition coefficient (Wildman–Crippen LogP) is 1.79. The highest BCUT2D eigenvalue weighted by Crippen LogP contribution is 2.19. The minimum absolute atomic E-state index is 0.0943. The van der Waals surface area contributed by atoms with E-state index in [4.69, 9.17) is 9.26 Å². The maximum atomic E-state index is 12.3. The molecule has 1 amide bonds. The van der Waals surface area contributed by atoms with Crippen LogP contribution in [0.2, 0.25) is 0 Å². The van der Waals surface area contributed by atoms with E-state index in [2.05, 4.69) is 25.4 Å². The average molecular weight is 368 g/mol. The first-order valence-electron chi connectivity index (χ1n) is 8.96. The van der Waals surface area contributed by atoms with Crippen LogP contribution in [0, 0.1) is 0 Å². The Kier molecular flexibility index (Phi) is 4.93. The molecule has 4 heterocycles. The van der Waals surface area contributed by atoms with Gasteiger partial charge in [-0.3, -0.25) is 9.36 Å². The van der Waals surface area contributed by atoms with E-state index in [1.165, 1.54) is 0 Å². The fraction of sp³-hybridized carbons (Fsp3) is 0.389. The van der Waals surface area contributed by atoms with Gasteiger partial charge >= 0.3 is 0 Å². The Balaban J connectivity index is 1.47. The summed E-state index contributed by atoms with van der Waals surface area (Å²) in [4.78, 5) is 25.1. The van der Waals surface area contributed by atoms with E-state index in [-0.39, 0.29) is 12.0 Å². The Hall–Kier alpha value is -3.07. The van der Waals surface area contributed by atoms with Crippen molar-refractivity contribution < 1.29 is 14.1 Å². The maximum Gasteiger partial charge on any atom is 0.271 e. The van der Waals surface area contributed by atoms with Gasteiger partial charge in [-0.1, -0.05) is 12.1 Å². The summed E-state index contributed by atoms with van der Waals surface area (Å²) >= 11 is 0. The number of aromatic nitrogens is 5. The fourth-order valence-electron chi connectivity index (χ4n) is 2.88. The molecule has 1 fully saturated rings. The highest BCUT2D eigenvalue weighted by atomic mass is 16.5. The van der Waals surface area contributed by atoms with E-state index in [1.807, 2.05) is 13.0 Å². The summed E-state index contributed by atoms with van der Waals surface area (Å²) in [6.45, 7) is 3.22. The molecule has 0 spiro atoms. The number of hydrogen-bond donors (Lipinski definition) is 1. The minimum atomic E-state index is -0.232. The number of nitrogens with zero attached hydrogens (tertiary/aromatic N) is 5. The van der Waals surface area contributed by atoms with Crippen LogP contribution in [0.3, 0.4) is 0 Å². The number of carbonyl (C=O) groups excluding carboxylic acids is 1. The molecule has 3 aromatic rings. The second kappa shape index (κ2) is 7.67. The Bertz CT molecular complexity index is 929. The number of aryl methyl sites for hydroxylation is 1. The molecule has 1 saturated heterocycles. The first-order valence-corrected chi connectivity index (χ1v) is 8.96. The maximum absolute atomic E-state index is 12.3. The van der Waals surface area contributed by atoms with Crippen molar-refractivity contribution in [2.75, 3.05) is 13.2 Å². The molecule has 0 radical (unpaired) electrons. The molecule has 3 aromatic heterocycles. The lowest BCUT2D eigenvalue weighted by Crippen LogP contribution is -2.31. The molecule has 1 aliphatic rings. The van der Waals surface area contributed by atoms with Crippen LogP contribution in [0.5, 0.6) is 0 Å². The predicted molar refractivity (Wildman–Crippen MR) is 95.3 cm³/mol. The van der Waals surface area contributed by atoms with E-state index in [0.29, 0.717) is 36.2 Å². The molecule has 0 aromatic carbocycles. The number of hydrogen-bond acceptors (Lipinski definition) is 7. The summed E-state index contributed by atoms with van der Waals surface area (Å²) in [5.41, 5.74) is 1.08. The highest BCUT2D eigenvalue weighted by Gasteiger charge is 2.18. The lowest BCUT2D eigenvalue weighted by molar-refractivity contribution is 0.0854. The van der Waals surface area contributed by atoms with Crippen molar-refractivity contribution in [1.29, 1.82) is 0 Å². The number of imidazole rings is 1. The summed E-state index contributed by atoms with van der Waals surface area (Å²) in [5, 5.41) is 6.76. The first kappa shape index (κ1) is 17.3. The second-order valence-electron chi connectivity index (χ2n) is 6.28. The Morgan fingerprint density at radius 2 is 2.33 bits per heavy atom. The van der Waals surface area contributed by atoms with E-state index >= 15 is 0 Å². The van der Waals surface area contributed by atoms with Gasteiger partial charge in [0.15, 0.2) is 5.82 Å². The van der Waals surface area contributed by atoms with Crippen molar-refractivity contribution in [2.45, 2.75) is 32.3 Å². The number of ether oxygens (including phenoxy) is 1. The number of amides is 1. The van der Waals surface area contributed by atoms with Crippen LogP contribution in [-0.2, 0) is 11.2 Å². The van der Waals surface area contributed by atoms with Crippen LogP contribution in [-0.4, -0.2) is 49.8 Å². The average Bonchev–Trinajstić information content (AvgIpc) is 3.47. The van der Waals surface area contributed by atoms with Gasteiger partial charge in [0.1, 0.15) is 17.8 Å². The third-order valence-corrected chi connectivity index (χ3v) is 4.37. The Morgan fingerprint density at radius 1 is 1.41 bits per heavy atom. The molecule has 4 rings (SSSR count). The van der Waals surface area contributed by atoms with Gasteiger partial charge in [-0.25, -0.2) is 9.97 Å². The third kappa shape index (κ3) is 3.87. The molecule has 0 saturated carbocycles. The van der Waals surface area contributed by atoms with Crippen molar-refractivity contribution in [1.82, 2.24) is 30.0 Å². The lowest BCUT2D eigenvalue weighted by Gasteiger charge is -2.09. The molecule has 0 unspecified atom stereocenters. The van der Waals surface area contributed by atoms with Gasteiger partial charge in [0.25, 0.3) is 11.8 Å². The van der Waals surface area contributed by atoms with Crippen LogP contribution in [0.25, 0.3) is 17.3 Å². The van der Waals surface area contributed by atoms with Crippen LogP contribution in [0.4, 0.5) is 0 Å². The minimum Gasteiger partial charge on any atom is -0.376 e. The Labute approximate surface area is 155 Å². The molecule has 9 nitrogen and oxygen atoms in total. The van der Waals surface area contributed by atoms with Crippen molar-refractivity contribution in [3.05, 3.63) is 42.4 Å². The third-order valence-electron chi connectivity index (χ3n) is 4.37. The summed E-state index contributed by atoms with van der Waals surface area (Å²) in [6, 6.07) is 3.60. The van der Waals surface area contributed by atoms with Gasteiger partial charge in [0.05, 0.1) is 6.10 Å². The molecule has 9 heteroatoms. The molecule has 0 bridgehead atoms. The van der Waals surface area contributed by atoms with Crippen LogP contribution in [0.1, 0.15) is 36.1 Å². The van der Waals surface area contributed by atoms with E-state index in [9.17, 15) is 4.79 Å². The van der Waals surface area contributed by atoms with Crippen molar-refractivity contribution in [2.24, 2.45) is 0 Å². The SMILES string of the molecule is CCc1noc(-c2ccnc(-n3cnc(C(=O)NC[C@H]4CCCO4)c3)c2)n1. The van der Waals surface area contributed by atoms with Gasteiger partial charge in [-0.15, -0.1) is 0 Å². The van der Waals surface area contributed by atoms with E-state index in [1.54, 1.807) is 29.4 Å². The van der Waals surface area contributed by atoms with Crippen LogP contribution < -0.4 is 5.32 Å². The molecule has 0 aliphatic carbocycles. The first-order chi connectivity index (χ1) is 13.2. The molecular formula is C18H20N6O3. The quantitative estimate of drug-likeness (QED) is 0.706. The summed E-state index contributed by atoms with van der Waals surface area (Å²) in [6.07, 6.45) is 7.65. The molecule has 1 aliphatic heterocycles. The van der Waals surface area contributed by atoms with Gasteiger partial charge < -0.3 is 14.6 Å². The molecule has 140 valence electrons. The number of nitrogens with one attached hydrogen (secondary N) is 1. The largest absolute Gasteiger partial charge is 0.376 e. The molecular weight excluding hydrogens is 348 g/mol. The van der Waals surface area contributed by atoms with Gasteiger partial charge in [0, 0.05) is 37.5 Å². The monoisotopic (exact) mass is 368 g/mol. The van der Waals surface area contributed by atoms with Crippen molar-refractivity contribution in [3.8, 4) is 17.3 Å². The van der Waals surface area contributed by atoms with Crippen LogP contribution in [0.15, 0.2) is 35.4 Å². The summed E-state index contributed by atoms with van der Waals surface area (Å²) in [5.74, 6) is 1.46. The number of rotatable bonds is 6. The van der Waals surface area contributed by atoms with Gasteiger partial charge in [-0.2, -0.15) is 4.98 Å². The van der Waals surface area contributed by atoms with Gasteiger partial charge in [0.2, 0.25) is 0 Å². The Morgan fingerprint density at radius 3 is 3.11 bits per heavy atom. The van der Waals surface area contributed by atoms with Gasteiger partial charge in [-0.05, 0) is 25.0 Å². The zero-order valence-electron chi connectivity index (χ0n) is 15.0. The topological polar surface area (TPSA) is 108 Å². The number of carbonyl (C=O) groups is 1. The highest BCUT2D eigenvalue weighted by molar-refractivity contribution is 5.92. The standard InChI is InChI=1S/C18H20N6O3/c1-2-15-22-18(27-23-15)12-5-6-19-16(8-12)24-10-14(21-11-24)17(25)20-9-13-4-3-7-26-13/h5-6,8,10-11,13H,2-4,7,9H2,1H3,(H,20,25)/t13-/m1/s1. The smallest absolute Gasteiger partial charge is 0.271 e. The molecule has 27 heavy (non-hydrogen) atoms. The summed E-state index contributed by atoms with van der Waals surface area (Å²) in [7, 11) is 0. The zero-order valence-corrected chi connectivity index (χ0v) is 15.0. The summed E-state index contributed by atoms with van der Waals surface area (Å²) < 4.78 is 12.5. The fourth-order valence-corrected chi connectivity index (χ4v) is 2.88. The van der Waals surface area contributed by atoms with E-state index in [0.717, 1.165) is 25.0 Å². The normalized spacial score (nSPS) is 16.6. The van der Waals surface area contributed by atoms with Crippen LogP contribution >= 0.6 is 0 Å². The molecule has 1 atom stereocenters. The van der Waals surface area contributed by atoms with E-state index < -0.39 is 0 Å². The molecule has 1 N–H and O–H groups in total.